The van der Waals surface area contributed by atoms with Crippen LogP contribution in [0.2, 0.25) is 15.1 Å². The summed E-state index contributed by atoms with van der Waals surface area (Å²) in [6.07, 6.45) is -1.07. The molecular formula is C15H17Cl3F2N2O2. The Balaban J connectivity index is 1.75. The van der Waals surface area contributed by atoms with Crippen LogP contribution in [-0.4, -0.2) is 49.5 Å². The molecule has 9 heteroatoms. The van der Waals surface area contributed by atoms with E-state index < -0.39 is 6.43 Å². The number of rotatable bonds is 6. The standard InChI is InChI=1S/C15H17Cl3F2N2O2/c16-10-5-12(18)13(6-11(10)17)24-8-15(23)21-9-1-3-22(4-2-9)7-14(19)20/h5-6,9,14H,1-4,7-8H2,(H,21,23). The van der Waals surface area contributed by atoms with Gasteiger partial charge in [-0.2, -0.15) is 0 Å². The molecule has 0 radical (unpaired) electrons. The molecule has 1 aromatic carbocycles. The van der Waals surface area contributed by atoms with E-state index in [9.17, 15) is 13.6 Å². The molecule has 0 saturated carbocycles. The van der Waals surface area contributed by atoms with Crippen molar-refractivity contribution in [3.63, 3.8) is 0 Å². The maximum absolute atomic E-state index is 12.3. The summed E-state index contributed by atoms with van der Waals surface area (Å²) in [7, 11) is 0. The zero-order valence-corrected chi connectivity index (χ0v) is 15.0. The Labute approximate surface area is 154 Å². The second kappa shape index (κ2) is 9.04. The normalized spacial score (nSPS) is 16.4. The van der Waals surface area contributed by atoms with Crippen LogP contribution in [0.3, 0.4) is 0 Å². The Morgan fingerprint density at radius 1 is 1.21 bits per heavy atom. The topological polar surface area (TPSA) is 41.6 Å². The van der Waals surface area contributed by atoms with E-state index in [1.54, 1.807) is 4.90 Å². The molecule has 1 aromatic rings. The van der Waals surface area contributed by atoms with Crippen LogP contribution >= 0.6 is 34.8 Å². The molecule has 0 atom stereocenters. The molecule has 1 amide bonds. The Morgan fingerprint density at radius 2 is 1.83 bits per heavy atom. The van der Waals surface area contributed by atoms with Gasteiger partial charge in [0, 0.05) is 25.2 Å². The van der Waals surface area contributed by atoms with Gasteiger partial charge in [-0.25, -0.2) is 8.78 Å². The molecule has 2 rings (SSSR count). The third kappa shape index (κ3) is 5.92. The van der Waals surface area contributed by atoms with Crippen LogP contribution in [0.4, 0.5) is 8.78 Å². The predicted molar refractivity (Wildman–Crippen MR) is 90.6 cm³/mol. The van der Waals surface area contributed by atoms with Crippen molar-refractivity contribution >= 4 is 40.7 Å². The number of hydrogen-bond donors (Lipinski definition) is 1. The molecule has 1 aliphatic rings. The monoisotopic (exact) mass is 400 g/mol. The summed E-state index contributed by atoms with van der Waals surface area (Å²) in [4.78, 5) is 13.6. The summed E-state index contributed by atoms with van der Waals surface area (Å²) in [5.41, 5.74) is 0. The van der Waals surface area contributed by atoms with E-state index in [1.807, 2.05) is 0 Å². The number of halogens is 5. The van der Waals surface area contributed by atoms with Crippen molar-refractivity contribution in [2.45, 2.75) is 25.3 Å². The van der Waals surface area contributed by atoms with E-state index in [4.69, 9.17) is 39.5 Å². The lowest BCUT2D eigenvalue weighted by molar-refractivity contribution is -0.124. The van der Waals surface area contributed by atoms with Gasteiger partial charge in [-0.3, -0.25) is 9.69 Å². The maximum Gasteiger partial charge on any atom is 0.258 e. The predicted octanol–water partition coefficient (Wildman–Crippen LogP) is 3.87. The third-order valence-electron chi connectivity index (χ3n) is 3.68. The number of carbonyl (C=O) groups is 1. The molecule has 0 unspecified atom stereocenters. The van der Waals surface area contributed by atoms with E-state index in [0.29, 0.717) is 31.0 Å². The first-order chi connectivity index (χ1) is 11.3. The summed E-state index contributed by atoms with van der Waals surface area (Å²) in [5, 5.41) is 3.67. The largest absolute Gasteiger partial charge is 0.482 e. The number of amides is 1. The van der Waals surface area contributed by atoms with Crippen LogP contribution in [0.5, 0.6) is 5.75 Å². The molecule has 0 bridgehead atoms. The van der Waals surface area contributed by atoms with Gasteiger partial charge in [-0.15, -0.1) is 0 Å². The molecule has 0 spiro atoms. The van der Waals surface area contributed by atoms with Crippen LogP contribution in [0.25, 0.3) is 0 Å². The van der Waals surface area contributed by atoms with Gasteiger partial charge in [0.1, 0.15) is 5.75 Å². The molecule has 0 aliphatic carbocycles. The van der Waals surface area contributed by atoms with Crippen molar-refractivity contribution in [2.24, 2.45) is 0 Å². The van der Waals surface area contributed by atoms with Gasteiger partial charge in [0.05, 0.1) is 21.6 Å². The van der Waals surface area contributed by atoms with E-state index in [-0.39, 0.29) is 40.9 Å². The fourth-order valence-corrected chi connectivity index (χ4v) is 3.07. The minimum atomic E-state index is -2.33. The quantitative estimate of drug-likeness (QED) is 0.736. The third-order valence-corrected chi connectivity index (χ3v) is 4.70. The minimum absolute atomic E-state index is 0.0423. The number of nitrogens with zero attached hydrogens (tertiary/aromatic N) is 1. The number of alkyl halides is 2. The number of likely N-dealkylation sites (tertiary alicyclic amines) is 1. The van der Waals surface area contributed by atoms with Crippen molar-refractivity contribution in [2.75, 3.05) is 26.2 Å². The van der Waals surface area contributed by atoms with Crippen LogP contribution in [0, 0.1) is 0 Å². The summed E-state index contributed by atoms with van der Waals surface area (Å²) in [6, 6.07) is 2.85. The number of hydrogen-bond acceptors (Lipinski definition) is 3. The fourth-order valence-electron chi connectivity index (χ4n) is 2.48. The van der Waals surface area contributed by atoms with Gasteiger partial charge in [0.25, 0.3) is 12.3 Å². The smallest absolute Gasteiger partial charge is 0.258 e. The lowest BCUT2D eigenvalue weighted by Gasteiger charge is -2.32. The van der Waals surface area contributed by atoms with E-state index in [1.165, 1.54) is 12.1 Å². The molecule has 1 aliphatic heterocycles. The first-order valence-electron chi connectivity index (χ1n) is 7.42. The highest BCUT2D eigenvalue weighted by Gasteiger charge is 2.22. The van der Waals surface area contributed by atoms with E-state index in [2.05, 4.69) is 5.32 Å². The zero-order valence-electron chi connectivity index (χ0n) is 12.7. The highest BCUT2D eigenvalue weighted by molar-refractivity contribution is 6.43. The molecule has 0 aromatic heterocycles. The zero-order chi connectivity index (χ0) is 17.7. The first kappa shape index (κ1) is 19.5. The van der Waals surface area contributed by atoms with Gasteiger partial charge in [-0.05, 0) is 18.9 Å². The second-order valence-corrected chi connectivity index (χ2v) is 6.74. The van der Waals surface area contributed by atoms with E-state index in [0.717, 1.165) is 0 Å². The van der Waals surface area contributed by atoms with Crippen molar-refractivity contribution in [3.8, 4) is 5.75 Å². The SMILES string of the molecule is O=C(COc1cc(Cl)c(Cl)cc1Cl)NC1CCN(CC(F)F)CC1. The first-order valence-corrected chi connectivity index (χ1v) is 8.55. The Morgan fingerprint density at radius 3 is 2.46 bits per heavy atom. The average molecular weight is 402 g/mol. The summed E-state index contributed by atoms with van der Waals surface area (Å²) >= 11 is 17.7. The number of benzene rings is 1. The van der Waals surface area contributed by atoms with Gasteiger partial charge < -0.3 is 10.1 Å². The number of nitrogens with one attached hydrogen (secondary N) is 1. The summed E-state index contributed by atoms with van der Waals surface area (Å²) < 4.78 is 30.0. The van der Waals surface area contributed by atoms with Crippen LogP contribution < -0.4 is 10.1 Å². The van der Waals surface area contributed by atoms with E-state index >= 15 is 0 Å². The Hall–Kier alpha value is -0.820. The number of carbonyl (C=O) groups excluding carboxylic acids is 1. The lowest BCUT2D eigenvalue weighted by atomic mass is 10.1. The lowest BCUT2D eigenvalue weighted by Crippen LogP contribution is -2.46. The van der Waals surface area contributed by atoms with Crippen LogP contribution in [0.1, 0.15) is 12.8 Å². The van der Waals surface area contributed by atoms with Gasteiger partial charge in [0.2, 0.25) is 0 Å². The molecule has 1 N–H and O–H groups in total. The number of piperidine rings is 1. The maximum atomic E-state index is 12.3. The molecular weight excluding hydrogens is 385 g/mol. The molecule has 134 valence electrons. The van der Waals surface area contributed by atoms with Crippen molar-refractivity contribution in [1.29, 1.82) is 0 Å². The van der Waals surface area contributed by atoms with Crippen LogP contribution in [-0.2, 0) is 4.79 Å². The van der Waals surface area contributed by atoms with Gasteiger partial charge >= 0.3 is 0 Å². The molecule has 4 nitrogen and oxygen atoms in total. The van der Waals surface area contributed by atoms with Crippen LogP contribution in [0.15, 0.2) is 12.1 Å². The highest BCUT2D eigenvalue weighted by Crippen LogP contribution is 2.33. The second-order valence-electron chi connectivity index (χ2n) is 5.52. The van der Waals surface area contributed by atoms with Gasteiger partial charge in [0.15, 0.2) is 6.61 Å². The molecule has 1 heterocycles. The van der Waals surface area contributed by atoms with Crippen molar-refractivity contribution < 1.29 is 18.3 Å². The Kier molecular flexibility index (Phi) is 7.34. The molecule has 1 saturated heterocycles. The van der Waals surface area contributed by atoms with Gasteiger partial charge in [-0.1, -0.05) is 34.8 Å². The number of ether oxygens (including phenoxy) is 1. The van der Waals surface area contributed by atoms with Crippen molar-refractivity contribution in [1.82, 2.24) is 10.2 Å². The summed E-state index contributed by atoms with van der Waals surface area (Å²) in [5.74, 6) is -0.0302. The Bertz CT molecular complexity index is 582. The highest BCUT2D eigenvalue weighted by atomic mass is 35.5. The summed E-state index contributed by atoms with van der Waals surface area (Å²) in [6.45, 7) is 0.637. The molecule has 24 heavy (non-hydrogen) atoms. The molecule has 1 fully saturated rings. The average Bonchev–Trinajstić information content (AvgIpc) is 2.51. The van der Waals surface area contributed by atoms with Crippen molar-refractivity contribution in [3.05, 3.63) is 27.2 Å². The minimum Gasteiger partial charge on any atom is -0.482 e. The fraction of sp³-hybridized carbons (Fsp3) is 0.533.